The van der Waals surface area contributed by atoms with Crippen LogP contribution in [-0.2, 0) is 17.8 Å². The summed E-state index contributed by atoms with van der Waals surface area (Å²) >= 11 is 1.41. The molecule has 0 atom stereocenters. The van der Waals surface area contributed by atoms with Crippen molar-refractivity contribution in [3.8, 4) is 0 Å². The molecule has 29 heavy (non-hydrogen) atoms. The molecule has 1 N–H and O–H groups in total. The van der Waals surface area contributed by atoms with Crippen molar-refractivity contribution in [2.45, 2.75) is 33.2 Å². The maximum Gasteiger partial charge on any atom is 0.222 e. The molecule has 5 nitrogen and oxygen atoms in total. The smallest absolute Gasteiger partial charge is 0.222 e. The first-order valence-corrected chi connectivity index (χ1v) is 10.8. The standard InChI is InChI=1S/C23H28N4OS/c1-18(2)17-27(14-13-22(28)24-16-20-11-7-4-8-12-20)23-25-21(26-29-23)15-19-9-5-3-6-10-19/h3-12,18H,13-17H2,1-2H3,(H,24,28). The van der Waals surface area contributed by atoms with Crippen LogP contribution in [-0.4, -0.2) is 28.4 Å². The Morgan fingerprint density at radius 3 is 2.34 bits per heavy atom. The van der Waals surface area contributed by atoms with Crippen molar-refractivity contribution in [3.05, 3.63) is 77.6 Å². The summed E-state index contributed by atoms with van der Waals surface area (Å²) in [6.45, 7) is 6.40. The van der Waals surface area contributed by atoms with Crippen LogP contribution in [0.5, 0.6) is 0 Å². The van der Waals surface area contributed by atoms with E-state index in [9.17, 15) is 4.79 Å². The number of benzene rings is 2. The van der Waals surface area contributed by atoms with Gasteiger partial charge in [0.05, 0.1) is 0 Å². The SMILES string of the molecule is CC(C)CN(CCC(=O)NCc1ccccc1)c1nc(Cc2ccccc2)ns1. The van der Waals surface area contributed by atoms with Crippen molar-refractivity contribution in [1.82, 2.24) is 14.7 Å². The average molecular weight is 409 g/mol. The fourth-order valence-electron chi connectivity index (χ4n) is 3.05. The normalized spacial score (nSPS) is 10.9. The van der Waals surface area contributed by atoms with E-state index in [4.69, 9.17) is 4.98 Å². The summed E-state index contributed by atoms with van der Waals surface area (Å²) in [6, 6.07) is 20.2. The lowest BCUT2D eigenvalue weighted by Crippen LogP contribution is -2.33. The largest absolute Gasteiger partial charge is 0.352 e. The van der Waals surface area contributed by atoms with Crippen LogP contribution in [0.15, 0.2) is 60.7 Å². The van der Waals surface area contributed by atoms with E-state index in [2.05, 4.69) is 40.6 Å². The van der Waals surface area contributed by atoms with Gasteiger partial charge in [-0.3, -0.25) is 4.79 Å². The number of hydrogen-bond acceptors (Lipinski definition) is 5. The molecule has 0 unspecified atom stereocenters. The topological polar surface area (TPSA) is 58.1 Å². The van der Waals surface area contributed by atoms with E-state index in [1.807, 2.05) is 48.5 Å². The van der Waals surface area contributed by atoms with Gasteiger partial charge in [-0.05, 0) is 17.0 Å². The van der Waals surface area contributed by atoms with Gasteiger partial charge in [0.1, 0.15) is 5.82 Å². The maximum absolute atomic E-state index is 12.3. The van der Waals surface area contributed by atoms with Crippen LogP contribution in [0.2, 0.25) is 0 Å². The molecule has 1 heterocycles. The number of rotatable bonds is 10. The molecule has 0 saturated carbocycles. The Balaban J connectivity index is 1.55. The van der Waals surface area contributed by atoms with Gasteiger partial charge >= 0.3 is 0 Å². The van der Waals surface area contributed by atoms with E-state index in [0.717, 1.165) is 29.5 Å². The maximum atomic E-state index is 12.3. The van der Waals surface area contributed by atoms with E-state index in [1.54, 1.807) is 0 Å². The highest BCUT2D eigenvalue weighted by atomic mass is 32.1. The second kappa shape index (κ2) is 10.7. The molecule has 0 aliphatic heterocycles. The van der Waals surface area contributed by atoms with Crippen LogP contribution in [0.4, 0.5) is 5.13 Å². The van der Waals surface area contributed by atoms with Crippen LogP contribution in [0.3, 0.4) is 0 Å². The second-order valence-electron chi connectivity index (χ2n) is 7.51. The van der Waals surface area contributed by atoms with Crippen molar-refractivity contribution in [3.63, 3.8) is 0 Å². The number of nitrogens with zero attached hydrogens (tertiary/aromatic N) is 3. The summed E-state index contributed by atoms with van der Waals surface area (Å²) in [4.78, 5) is 19.2. The average Bonchev–Trinajstić information content (AvgIpc) is 3.19. The Bertz CT molecular complexity index is 880. The van der Waals surface area contributed by atoms with E-state index < -0.39 is 0 Å². The molecular weight excluding hydrogens is 380 g/mol. The summed E-state index contributed by atoms with van der Waals surface area (Å²) in [5.41, 5.74) is 2.31. The van der Waals surface area contributed by atoms with Crippen molar-refractivity contribution in [2.75, 3.05) is 18.0 Å². The van der Waals surface area contributed by atoms with E-state index in [-0.39, 0.29) is 5.91 Å². The Kier molecular flexibility index (Phi) is 7.76. The molecule has 152 valence electrons. The van der Waals surface area contributed by atoms with Gasteiger partial charge in [0, 0.05) is 44.0 Å². The monoisotopic (exact) mass is 408 g/mol. The fourth-order valence-corrected chi connectivity index (χ4v) is 3.77. The molecule has 3 rings (SSSR count). The van der Waals surface area contributed by atoms with Crippen LogP contribution in [0.1, 0.15) is 37.2 Å². The quantitative estimate of drug-likeness (QED) is 0.543. The third-order valence-electron chi connectivity index (χ3n) is 4.46. The number of hydrogen-bond donors (Lipinski definition) is 1. The Morgan fingerprint density at radius 2 is 1.69 bits per heavy atom. The van der Waals surface area contributed by atoms with Gasteiger partial charge in [-0.15, -0.1) is 0 Å². The van der Waals surface area contributed by atoms with Gasteiger partial charge < -0.3 is 10.2 Å². The number of carbonyl (C=O) groups is 1. The first-order valence-electron chi connectivity index (χ1n) is 10.0. The number of amides is 1. The molecule has 0 bridgehead atoms. The van der Waals surface area contributed by atoms with Crippen LogP contribution in [0, 0.1) is 5.92 Å². The minimum Gasteiger partial charge on any atom is -0.352 e. The fraction of sp³-hybridized carbons (Fsp3) is 0.348. The number of carbonyl (C=O) groups excluding carboxylic acids is 1. The van der Waals surface area contributed by atoms with Crippen LogP contribution >= 0.6 is 11.5 Å². The van der Waals surface area contributed by atoms with Gasteiger partial charge in [0.25, 0.3) is 0 Å². The Morgan fingerprint density at radius 1 is 1.03 bits per heavy atom. The molecule has 2 aromatic carbocycles. The van der Waals surface area contributed by atoms with Crippen molar-refractivity contribution in [2.24, 2.45) is 5.92 Å². The van der Waals surface area contributed by atoms with Crippen molar-refractivity contribution in [1.29, 1.82) is 0 Å². The van der Waals surface area contributed by atoms with E-state index >= 15 is 0 Å². The highest BCUT2D eigenvalue weighted by molar-refractivity contribution is 7.09. The molecule has 0 saturated heterocycles. The van der Waals surface area contributed by atoms with Crippen molar-refractivity contribution >= 4 is 22.6 Å². The van der Waals surface area contributed by atoms with Crippen LogP contribution < -0.4 is 10.2 Å². The van der Waals surface area contributed by atoms with Crippen LogP contribution in [0.25, 0.3) is 0 Å². The molecule has 1 aromatic heterocycles. The predicted octanol–water partition coefficient (Wildman–Crippen LogP) is 4.30. The molecule has 3 aromatic rings. The number of anilines is 1. The summed E-state index contributed by atoms with van der Waals surface area (Å²) in [6.07, 6.45) is 1.16. The summed E-state index contributed by atoms with van der Waals surface area (Å²) < 4.78 is 4.53. The minimum absolute atomic E-state index is 0.0524. The zero-order valence-corrected chi connectivity index (χ0v) is 17.9. The summed E-state index contributed by atoms with van der Waals surface area (Å²) in [5.74, 6) is 1.36. The third-order valence-corrected chi connectivity index (χ3v) is 5.27. The van der Waals surface area contributed by atoms with Gasteiger partial charge in [0.2, 0.25) is 11.0 Å². The molecule has 6 heteroatoms. The lowest BCUT2D eigenvalue weighted by molar-refractivity contribution is -0.121. The van der Waals surface area contributed by atoms with Gasteiger partial charge in [0.15, 0.2) is 0 Å². The molecule has 1 amide bonds. The zero-order chi connectivity index (χ0) is 20.5. The molecule has 0 aliphatic carbocycles. The zero-order valence-electron chi connectivity index (χ0n) is 17.0. The summed E-state index contributed by atoms with van der Waals surface area (Å²) in [5, 5.41) is 3.89. The van der Waals surface area contributed by atoms with Crippen molar-refractivity contribution < 1.29 is 4.79 Å². The molecule has 0 radical (unpaired) electrons. The van der Waals surface area contributed by atoms with Gasteiger partial charge in [-0.1, -0.05) is 74.5 Å². The summed E-state index contributed by atoms with van der Waals surface area (Å²) in [7, 11) is 0. The second-order valence-corrected chi connectivity index (χ2v) is 8.24. The number of aromatic nitrogens is 2. The van der Waals surface area contributed by atoms with E-state index in [1.165, 1.54) is 17.1 Å². The molecule has 0 spiro atoms. The lowest BCUT2D eigenvalue weighted by Gasteiger charge is -2.23. The Labute approximate surface area is 177 Å². The highest BCUT2D eigenvalue weighted by Gasteiger charge is 2.16. The molecule has 0 aliphatic rings. The number of nitrogens with one attached hydrogen (secondary N) is 1. The first kappa shape index (κ1) is 21.0. The predicted molar refractivity (Wildman–Crippen MR) is 119 cm³/mol. The molecular formula is C23H28N4OS. The molecule has 0 fully saturated rings. The lowest BCUT2D eigenvalue weighted by atomic mass is 10.1. The third kappa shape index (κ3) is 6.98. The first-order chi connectivity index (χ1) is 14.1. The van der Waals surface area contributed by atoms with E-state index in [0.29, 0.717) is 25.4 Å². The van der Waals surface area contributed by atoms with Gasteiger partial charge in [-0.2, -0.15) is 4.37 Å². The minimum atomic E-state index is 0.0524. The highest BCUT2D eigenvalue weighted by Crippen LogP contribution is 2.20. The Hall–Kier alpha value is -2.73. The van der Waals surface area contributed by atoms with Gasteiger partial charge in [-0.25, -0.2) is 4.98 Å².